The predicted octanol–water partition coefficient (Wildman–Crippen LogP) is -0.331. The van der Waals surface area contributed by atoms with Crippen molar-refractivity contribution in [2.45, 2.75) is 12.8 Å². The second-order valence-electron chi connectivity index (χ2n) is 4.73. The highest BCUT2D eigenvalue weighted by Gasteiger charge is 2.24. The van der Waals surface area contributed by atoms with Gasteiger partial charge in [-0.25, -0.2) is 0 Å². The summed E-state index contributed by atoms with van der Waals surface area (Å²) in [6, 6.07) is 1.54. The quantitative estimate of drug-likeness (QED) is 0.751. The van der Waals surface area contributed by atoms with Crippen LogP contribution in [0.4, 0.5) is 11.4 Å². The first-order valence-electron chi connectivity index (χ1n) is 5.99. The summed E-state index contributed by atoms with van der Waals surface area (Å²) in [5, 5.41) is 0. The number of amides is 1. The predicted molar refractivity (Wildman–Crippen MR) is 70.2 cm³/mol. The van der Waals surface area contributed by atoms with Crippen molar-refractivity contribution < 1.29 is 4.79 Å². The van der Waals surface area contributed by atoms with Crippen LogP contribution in [-0.4, -0.2) is 23.6 Å². The summed E-state index contributed by atoms with van der Waals surface area (Å²) < 4.78 is 1.45. The molecule has 98 valence electrons. The molecule has 0 bridgehead atoms. The molecule has 0 spiro atoms. The largest absolute Gasteiger partial charge is 0.396 e. The van der Waals surface area contributed by atoms with E-state index in [1.807, 2.05) is 4.90 Å². The molecule has 1 aliphatic rings. The molecule has 0 radical (unpaired) electrons. The van der Waals surface area contributed by atoms with E-state index in [1.54, 1.807) is 19.3 Å². The standard InChI is InChI=1S/C12H18N4O2/c1-15-7-9(13)10(6-11(15)17)16-4-2-8(3-5-16)12(14)18/h6-8H,2-5,13H2,1H3,(H2,14,18). The van der Waals surface area contributed by atoms with Gasteiger partial charge in [-0.3, -0.25) is 9.59 Å². The number of nitrogens with two attached hydrogens (primary N) is 2. The lowest BCUT2D eigenvalue weighted by Gasteiger charge is -2.33. The van der Waals surface area contributed by atoms with E-state index in [0.29, 0.717) is 31.6 Å². The van der Waals surface area contributed by atoms with Crippen LogP contribution in [0, 0.1) is 5.92 Å². The van der Waals surface area contributed by atoms with Crippen LogP contribution in [-0.2, 0) is 11.8 Å². The molecule has 1 amide bonds. The molecule has 6 nitrogen and oxygen atoms in total. The molecule has 2 rings (SSSR count). The molecule has 2 heterocycles. The van der Waals surface area contributed by atoms with Gasteiger partial charge < -0.3 is 20.9 Å². The minimum atomic E-state index is -0.244. The monoisotopic (exact) mass is 250 g/mol. The summed E-state index contributed by atoms with van der Waals surface area (Å²) >= 11 is 0. The van der Waals surface area contributed by atoms with Crippen LogP contribution in [0.15, 0.2) is 17.1 Å². The van der Waals surface area contributed by atoms with Crippen molar-refractivity contribution in [2.75, 3.05) is 23.7 Å². The zero-order valence-corrected chi connectivity index (χ0v) is 10.4. The van der Waals surface area contributed by atoms with Crippen LogP contribution in [0.3, 0.4) is 0 Å². The molecule has 1 aromatic heterocycles. The van der Waals surface area contributed by atoms with Gasteiger partial charge in [0.2, 0.25) is 5.91 Å². The Hall–Kier alpha value is -1.98. The van der Waals surface area contributed by atoms with Crippen molar-refractivity contribution in [1.29, 1.82) is 0 Å². The summed E-state index contributed by atoms with van der Waals surface area (Å²) in [7, 11) is 1.67. The Bertz CT molecular complexity index is 515. The lowest BCUT2D eigenvalue weighted by molar-refractivity contribution is -0.122. The van der Waals surface area contributed by atoms with Gasteiger partial charge in [0.15, 0.2) is 0 Å². The normalized spacial score (nSPS) is 16.8. The fourth-order valence-corrected chi connectivity index (χ4v) is 2.32. The minimum Gasteiger partial charge on any atom is -0.396 e. The van der Waals surface area contributed by atoms with Crippen molar-refractivity contribution >= 4 is 17.3 Å². The first-order chi connectivity index (χ1) is 8.49. The highest BCUT2D eigenvalue weighted by Crippen LogP contribution is 2.26. The molecule has 1 saturated heterocycles. The third-order valence-corrected chi connectivity index (χ3v) is 3.47. The van der Waals surface area contributed by atoms with Gasteiger partial charge in [-0.1, -0.05) is 0 Å². The number of anilines is 2. The van der Waals surface area contributed by atoms with Gasteiger partial charge in [0.05, 0.1) is 11.4 Å². The van der Waals surface area contributed by atoms with Crippen LogP contribution >= 0.6 is 0 Å². The number of piperidine rings is 1. The Morgan fingerprint density at radius 1 is 1.39 bits per heavy atom. The molecule has 1 aromatic rings. The number of aromatic nitrogens is 1. The summed E-state index contributed by atoms with van der Waals surface area (Å²) in [5.41, 5.74) is 12.5. The van der Waals surface area contributed by atoms with Crippen LogP contribution in [0.2, 0.25) is 0 Å². The van der Waals surface area contributed by atoms with Gasteiger partial charge in [-0.05, 0) is 12.8 Å². The second-order valence-corrected chi connectivity index (χ2v) is 4.73. The summed E-state index contributed by atoms with van der Waals surface area (Å²) in [4.78, 5) is 24.7. The molecule has 18 heavy (non-hydrogen) atoms. The van der Waals surface area contributed by atoms with E-state index in [-0.39, 0.29) is 17.4 Å². The zero-order valence-electron chi connectivity index (χ0n) is 10.4. The topological polar surface area (TPSA) is 94.3 Å². The average Bonchev–Trinajstić information content (AvgIpc) is 2.34. The Morgan fingerprint density at radius 3 is 2.56 bits per heavy atom. The first-order valence-corrected chi connectivity index (χ1v) is 5.99. The number of aryl methyl sites for hydroxylation is 1. The van der Waals surface area contributed by atoms with E-state index >= 15 is 0 Å². The van der Waals surface area contributed by atoms with E-state index in [2.05, 4.69) is 0 Å². The number of nitrogens with zero attached hydrogens (tertiary/aromatic N) is 2. The Morgan fingerprint density at radius 2 is 2.00 bits per heavy atom. The first kappa shape index (κ1) is 12.5. The van der Waals surface area contributed by atoms with E-state index in [1.165, 1.54) is 4.57 Å². The Labute approximate surface area is 105 Å². The number of nitrogen functional groups attached to an aromatic ring is 1. The molecule has 0 saturated carbocycles. The van der Waals surface area contributed by atoms with Gasteiger partial charge in [-0.2, -0.15) is 0 Å². The highest BCUT2D eigenvalue weighted by atomic mass is 16.1. The minimum absolute atomic E-state index is 0.0611. The maximum Gasteiger partial charge on any atom is 0.252 e. The van der Waals surface area contributed by atoms with Gasteiger partial charge in [0.25, 0.3) is 5.56 Å². The number of carbonyl (C=O) groups is 1. The summed E-state index contributed by atoms with van der Waals surface area (Å²) in [5.74, 6) is -0.305. The Balaban J connectivity index is 2.17. The molecule has 6 heteroatoms. The number of primary amides is 1. The van der Waals surface area contributed by atoms with Gasteiger partial charge in [0.1, 0.15) is 0 Å². The van der Waals surface area contributed by atoms with E-state index in [0.717, 1.165) is 5.69 Å². The molecule has 1 fully saturated rings. The maximum atomic E-state index is 11.6. The van der Waals surface area contributed by atoms with Gasteiger partial charge >= 0.3 is 0 Å². The van der Waals surface area contributed by atoms with Crippen molar-refractivity contribution in [3.05, 3.63) is 22.6 Å². The molecule has 0 unspecified atom stereocenters. The molecular formula is C12H18N4O2. The molecule has 0 atom stereocenters. The van der Waals surface area contributed by atoms with E-state index in [4.69, 9.17) is 11.5 Å². The van der Waals surface area contributed by atoms with Crippen molar-refractivity contribution in [3.63, 3.8) is 0 Å². The van der Waals surface area contributed by atoms with Crippen LogP contribution in [0.1, 0.15) is 12.8 Å². The third kappa shape index (κ3) is 2.32. The Kier molecular flexibility index (Phi) is 3.27. The maximum absolute atomic E-state index is 11.6. The number of hydrogen-bond donors (Lipinski definition) is 2. The number of pyridine rings is 1. The SMILES string of the molecule is Cn1cc(N)c(N2CCC(C(N)=O)CC2)cc1=O. The lowest BCUT2D eigenvalue weighted by Crippen LogP contribution is -2.39. The van der Waals surface area contributed by atoms with E-state index in [9.17, 15) is 9.59 Å². The van der Waals surface area contributed by atoms with E-state index < -0.39 is 0 Å². The fraction of sp³-hybridized carbons (Fsp3) is 0.500. The summed E-state index contributed by atoms with van der Waals surface area (Å²) in [6.07, 6.45) is 3.05. The molecule has 4 N–H and O–H groups in total. The van der Waals surface area contributed by atoms with Gasteiger partial charge in [0, 0.05) is 38.3 Å². The van der Waals surface area contributed by atoms with Crippen molar-refractivity contribution in [3.8, 4) is 0 Å². The number of carbonyl (C=O) groups excluding carboxylic acids is 1. The molecule has 0 aromatic carbocycles. The van der Waals surface area contributed by atoms with Crippen LogP contribution in [0.5, 0.6) is 0 Å². The van der Waals surface area contributed by atoms with Crippen LogP contribution in [0.25, 0.3) is 0 Å². The molecule has 1 aliphatic heterocycles. The average molecular weight is 250 g/mol. The zero-order chi connectivity index (χ0) is 13.3. The second kappa shape index (κ2) is 4.72. The molecular weight excluding hydrogens is 232 g/mol. The number of rotatable bonds is 2. The van der Waals surface area contributed by atoms with Crippen molar-refractivity contribution in [1.82, 2.24) is 4.57 Å². The fourth-order valence-electron chi connectivity index (χ4n) is 2.32. The van der Waals surface area contributed by atoms with Crippen LogP contribution < -0.4 is 21.9 Å². The highest BCUT2D eigenvalue weighted by molar-refractivity contribution is 5.77. The lowest BCUT2D eigenvalue weighted by atomic mass is 9.96. The van der Waals surface area contributed by atoms with Gasteiger partial charge in [-0.15, -0.1) is 0 Å². The third-order valence-electron chi connectivity index (χ3n) is 3.47. The van der Waals surface area contributed by atoms with Crippen molar-refractivity contribution in [2.24, 2.45) is 18.7 Å². The number of hydrogen-bond acceptors (Lipinski definition) is 4. The summed E-state index contributed by atoms with van der Waals surface area (Å²) in [6.45, 7) is 1.40. The smallest absolute Gasteiger partial charge is 0.252 e. The molecule has 0 aliphatic carbocycles.